The van der Waals surface area contributed by atoms with Crippen molar-refractivity contribution in [3.63, 3.8) is 0 Å². The number of allylic oxidation sites excluding steroid dienone is 1. The first-order chi connectivity index (χ1) is 20.4. The molecule has 1 heterocycles. The van der Waals surface area contributed by atoms with E-state index in [1.54, 1.807) is 47.6 Å². The number of carbonyl (C=O) groups excluding carboxylic acids is 6. The van der Waals surface area contributed by atoms with Gasteiger partial charge in [0.2, 0.25) is 17.6 Å². The topological polar surface area (TPSA) is 160 Å². The second-order valence-electron chi connectivity index (χ2n) is 15.7. The van der Waals surface area contributed by atoms with Crippen molar-refractivity contribution in [1.29, 1.82) is 0 Å². The lowest BCUT2D eigenvalue weighted by Gasteiger charge is -2.38. The molecule has 2 rings (SSSR count). The number of piperidine rings is 1. The van der Waals surface area contributed by atoms with Crippen molar-refractivity contribution in [3.05, 3.63) is 12.7 Å². The minimum atomic E-state index is -1.17. The lowest BCUT2D eigenvalue weighted by Crippen LogP contribution is -2.60. The molecule has 0 bridgehead atoms. The van der Waals surface area contributed by atoms with Crippen LogP contribution in [0.15, 0.2) is 12.7 Å². The highest BCUT2D eigenvalue weighted by molar-refractivity contribution is 6.38. The smallest absolute Gasteiger partial charge is 0.408 e. The lowest BCUT2D eigenvalue weighted by molar-refractivity contribution is -0.154. The van der Waals surface area contributed by atoms with Crippen LogP contribution in [0.1, 0.15) is 95.4 Å². The minimum absolute atomic E-state index is 0.0535. The molecule has 2 aliphatic rings. The molecule has 0 aromatic rings. The number of Topliss-reactive ketones (excluding diaryl/α,β-unsaturated/α-hetero) is 1. The zero-order valence-corrected chi connectivity index (χ0v) is 28.9. The number of hydrogen-bond acceptors (Lipinski definition) is 8. The number of nitrogens with one attached hydrogen (secondary N) is 3. The second-order valence-corrected chi connectivity index (χ2v) is 15.7. The van der Waals surface area contributed by atoms with Crippen LogP contribution in [0.4, 0.5) is 4.79 Å². The Kier molecular flexibility index (Phi) is 11.7. The highest BCUT2D eigenvalue weighted by atomic mass is 16.6. The molecule has 0 radical (unpaired) electrons. The van der Waals surface area contributed by atoms with Crippen molar-refractivity contribution in [2.75, 3.05) is 13.1 Å². The molecule has 1 saturated carbocycles. The van der Waals surface area contributed by atoms with Crippen LogP contribution in [-0.4, -0.2) is 82.9 Å². The normalized spacial score (nSPS) is 21.8. The van der Waals surface area contributed by atoms with Gasteiger partial charge >= 0.3 is 12.1 Å². The molecular weight excluding hydrogens is 580 g/mol. The molecule has 45 heavy (non-hydrogen) atoms. The lowest BCUT2D eigenvalue weighted by atomic mass is 9.85. The van der Waals surface area contributed by atoms with Crippen molar-refractivity contribution in [1.82, 2.24) is 20.9 Å². The number of fused-ring (bicyclic) bond motifs is 1. The Morgan fingerprint density at radius 2 is 1.51 bits per heavy atom. The number of amides is 4. The molecule has 254 valence electrons. The van der Waals surface area contributed by atoms with Gasteiger partial charge < -0.3 is 30.3 Å². The Bertz CT molecular complexity index is 1170. The fourth-order valence-corrected chi connectivity index (χ4v) is 5.78. The summed E-state index contributed by atoms with van der Waals surface area (Å²) in [6.45, 7) is 23.7. The van der Waals surface area contributed by atoms with E-state index in [0.29, 0.717) is 13.0 Å². The first-order valence-corrected chi connectivity index (χ1v) is 15.7. The van der Waals surface area contributed by atoms with Crippen LogP contribution in [0.2, 0.25) is 0 Å². The third-order valence-corrected chi connectivity index (χ3v) is 8.09. The Balaban J connectivity index is 2.23. The number of carbonyl (C=O) groups is 6. The Morgan fingerprint density at radius 1 is 0.933 bits per heavy atom. The molecule has 1 aliphatic carbocycles. The van der Waals surface area contributed by atoms with E-state index in [9.17, 15) is 28.8 Å². The fraction of sp³-hybridized carbons (Fsp3) is 0.758. The van der Waals surface area contributed by atoms with Crippen molar-refractivity contribution in [2.45, 2.75) is 125 Å². The first-order valence-electron chi connectivity index (χ1n) is 15.7. The number of esters is 1. The fourth-order valence-electron chi connectivity index (χ4n) is 5.78. The highest BCUT2D eigenvalue weighted by Gasteiger charge is 2.70. The maximum Gasteiger partial charge on any atom is 0.408 e. The van der Waals surface area contributed by atoms with E-state index >= 15 is 0 Å². The molecule has 4 amide bonds. The molecule has 0 aromatic carbocycles. The van der Waals surface area contributed by atoms with Gasteiger partial charge in [0.25, 0.3) is 5.91 Å². The number of ether oxygens (including phenoxy) is 2. The molecule has 1 saturated heterocycles. The van der Waals surface area contributed by atoms with Crippen molar-refractivity contribution < 1.29 is 38.2 Å². The predicted octanol–water partition coefficient (Wildman–Crippen LogP) is 3.28. The van der Waals surface area contributed by atoms with Gasteiger partial charge in [-0.1, -0.05) is 40.7 Å². The monoisotopic (exact) mass is 634 g/mol. The molecule has 12 heteroatoms. The van der Waals surface area contributed by atoms with Crippen LogP contribution < -0.4 is 16.0 Å². The van der Waals surface area contributed by atoms with Crippen molar-refractivity contribution in [2.24, 2.45) is 22.7 Å². The second kappa shape index (κ2) is 13.9. The van der Waals surface area contributed by atoms with E-state index in [4.69, 9.17) is 9.47 Å². The van der Waals surface area contributed by atoms with Gasteiger partial charge in [-0.05, 0) is 77.0 Å². The third-order valence-electron chi connectivity index (χ3n) is 8.09. The number of hydrogen-bond donors (Lipinski definition) is 3. The van der Waals surface area contributed by atoms with Gasteiger partial charge in [-0.15, -0.1) is 6.58 Å². The summed E-state index contributed by atoms with van der Waals surface area (Å²) in [6, 6.07) is -3.07. The summed E-state index contributed by atoms with van der Waals surface area (Å²) < 4.78 is 10.6. The zero-order valence-electron chi connectivity index (χ0n) is 28.9. The molecule has 1 unspecified atom stereocenters. The number of rotatable bonds is 12. The summed E-state index contributed by atoms with van der Waals surface area (Å²) in [4.78, 5) is 80.1. The highest BCUT2D eigenvalue weighted by Crippen LogP contribution is 2.65. The maximum atomic E-state index is 14.0. The standard InChI is InChI=1S/C33H54N4O8/c1-13-14-15-20(24(39)27(41)34-17-16-21(38)44-31(5,6)7)35-26(40)23-22-19(33(22,11)12)18-37(23)28(42)25(30(2,3)4)36-29(43)45-32(8,9)10/h13,19-20,22-23,25H,1,14-18H2,2-12H3,(H,34,41)(H,35,40)(H,36,43)/t19-,20?,22-,23-,25+/m0/s1. The summed E-state index contributed by atoms with van der Waals surface area (Å²) in [5, 5.41) is 7.88. The molecular formula is C33H54N4O8. The molecule has 3 N–H and O–H groups in total. The third kappa shape index (κ3) is 10.3. The van der Waals surface area contributed by atoms with Gasteiger partial charge in [-0.25, -0.2) is 4.79 Å². The molecule has 5 atom stereocenters. The van der Waals surface area contributed by atoms with E-state index in [0.717, 1.165) is 0 Å². The van der Waals surface area contributed by atoms with Gasteiger partial charge in [0.05, 0.1) is 12.5 Å². The quantitative estimate of drug-likeness (QED) is 0.168. The van der Waals surface area contributed by atoms with Gasteiger partial charge in [-0.2, -0.15) is 0 Å². The van der Waals surface area contributed by atoms with Crippen molar-refractivity contribution in [3.8, 4) is 0 Å². The average molecular weight is 635 g/mol. The van der Waals surface area contributed by atoms with Crippen LogP contribution in [0, 0.1) is 22.7 Å². The Labute approximate surface area is 267 Å². The number of alkyl carbamates (subject to hydrolysis) is 1. The molecule has 2 fully saturated rings. The number of nitrogens with zero attached hydrogens (tertiary/aromatic N) is 1. The van der Waals surface area contributed by atoms with E-state index in [2.05, 4.69) is 22.5 Å². The van der Waals surface area contributed by atoms with Crippen LogP contribution in [-0.2, 0) is 33.4 Å². The maximum absolute atomic E-state index is 14.0. The van der Waals surface area contributed by atoms with E-state index < -0.39 is 70.3 Å². The molecule has 0 spiro atoms. The van der Waals surface area contributed by atoms with Gasteiger partial charge in [0.1, 0.15) is 23.3 Å². The Morgan fingerprint density at radius 3 is 2.02 bits per heavy atom. The Hall–Kier alpha value is -3.44. The van der Waals surface area contributed by atoms with E-state index in [-0.39, 0.29) is 36.6 Å². The number of ketones is 1. The van der Waals surface area contributed by atoms with Crippen molar-refractivity contribution >= 4 is 35.6 Å². The van der Waals surface area contributed by atoms with E-state index in [1.165, 1.54) is 4.90 Å². The van der Waals surface area contributed by atoms with Crippen LogP contribution in [0.25, 0.3) is 0 Å². The SMILES string of the molecule is C=CCCC(NC(=O)[C@@H]1[C@@H]2[C@H](CN1C(=O)[C@@H](NC(=O)OC(C)(C)C)C(C)(C)C)C2(C)C)C(=O)C(=O)NCCC(=O)OC(C)(C)C. The van der Waals surface area contributed by atoms with Gasteiger partial charge in [0, 0.05) is 13.1 Å². The molecule has 12 nitrogen and oxygen atoms in total. The summed E-state index contributed by atoms with van der Waals surface area (Å²) in [7, 11) is 0. The first kappa shape index (κ1) is 37.7. The average Bonchev–Trinajstić information content (AvgIpc) is 3.19. The summed E-state index contributed by atoms with van der Waals surface area (Å²) >= 11 is 0. The van der Waals surface area contributed by atoms with Crippen LogP contribution in [0.3, 0.4) is 0 Å². The summed E-state index contributed by atoms with van der Waals surface area (Å²) in [6.07, 6.45) is 1.18. The molecule has 0 aromatic heterocycles. The van der Waals surface area contributed by atoms with Gasteiger partial charge in [-0.3, -0.25) is 24.0 Å². The number of likely N-dealkylation sites (tertiary alicyclic amines) is 1. The van der Waals surface area contributed by atoms with Gasteiger partial charge in [0.15, 0.2) is 0 Å². The van der Waals surface area contributed by atoms with E-state index in [1.807, 2.05) is 34.6 Å². The predicted molar refractivity (Wildman–Crippen MR) is 169 cm³/mol. The largest absolute Gasteiger partial charge is 0.460 e. The zero-order chi connectivity index (χ0) is 34.7. The summed E-state index contributed by atoms with van der Waals surface area (Å²) in [5.41, 5.74) is -2.38. The van der Waals surface area contributed by atoms with Crippen LogP contribution >= 0.6 is 0 Å². The van der Waals surface area contributed by atoms with Crippen LogP contribution in [0.5, 0.6) is 0 Å². The summed E-state index contributed by atoms with van der Waals surface area (Å²) in [5.74, 6) is -3.41. The molecule has 1 aliphatic heterocycles. The minimum Gasteiger partial charge on any atom is -0.460 e.